The first-order valence-electron chi connectivity index (χ1n) is 5.72. The van der Waals surface area contributed by atoms with E-state index in [0.29, 0.717) is 32.7 Å². The van der Waals surface area contributed by atoms with E-state index in [-0.39, 0.29) is 12.7 Å². The predicted octanol–water partition coefficient (Wildman–Crippen LogP) is 1.05. The van der Waals surface area contributed by atoms with Crippen molar-refractivity contribution in [1.29, 1.82) is 0 Å². The first-order valence-corrected chi connectivity index (χ1v) is 5.72. The molecule has 0 aliphatic carbocycles. The predicted molar refractivity (Wildman–Crippen MR) is 59.4 cm³/mol. The lowest BCUT2D eigenvalue weighted by Gasteiger charge is -2.09. The summed E-state index contributed by atoms with van der Waals surface area (Å²) < 4.78 is 10.1. The van der Waals surface area contributed by atoms with Gasteiger partial charge < -0.3 is 19.7 Å². The van der Waals surface area contributed by atoms with Crippen LogP contribution >= 0.6 is 0 Å². The molecule has 0 fully saturated rings. The molecule has 0 amide bonds. The third-order valence-corrected chi connectivity index (χ3v) is 2.02. The molecule has 1 unspecified atom stereocenters. The summed E-state index contributed by atoms with van der Waals surface area (Å²) in [6.07, 6.45) is 2.85. The molecule has 0 rings (SSSR count). The van der Waals surface area contributed by atoms with Crippen LogP contribution in [0.5, 0.6) is 0 Å². The van der Waals surface area contributed by atoms with Crippen LogP contribution in [0.1, 0.15) is 32.6 Å². The van der Waals surface area contributed by atoms with E-state index >= 15 is 0 Å². The van der Waals surface area contributed by atoms with Crippen molar-refractivity contribution >= 4 is 5.97 Å². The van der Waals surface area contributed by atoms with Gasteiger partial charge in [0.1, 0.15) is 6.61 Å². The highest BCUT2D eigenvalue weighted by molar-refractivity contribution is 5.67. The zero-order valence-electron chi connectivity index (χ0n) is 9.85. The van der Waals surface area contributed by atoms with Gasteiger partial charge in [-0.3, -0.25) is 0 Å². The lowest BCUT2D eigenvalue weighted by atomic mass is 10.1. The van der Waals surface area contributed by atoms with Gasteiger partial charge in [0.05, 0.1) is 6.10 Å². The molecule has 5 heteroatoms. The van der Waals surface area contributed by atoms with Crippen LogP contribution < -0.4 is 0 Å². The molecular formula is C11H22O5. The Bertz CT molecular complexity index is 172. The minimum Gasteiger partial charge on any atom is -0.480 e. The normalized spacial score (nSPS) is 12.6. The summed E-state index contributed by atoms with van der Waals surface area (Å²) in [6, 6.07) is 0. The molecule has 0 aromatic heterocycles. The minimum atomic E-state index is -0.955. The number of aliphatic hydroxyl groups is 1. The molecule has 96 valence electrons. The van der Waals surface area contributed by atoms with Gasteiger partial charge in [-0.15, -0.1) is 0 Å². The third-order valence-electron chi connectivity index (χ3n) is 2.02. The fraction of sp³-hybridized carbons (Fsp3) is 0.909. The second kappa shape index (κ2) is 10.9. The monoisotopic (exact) mass is 234 g/mol. The smallest absolute Gasteiger partial charge is 0.329 e. The maximum Gasteiger partial charge on any atom is 0.329 e. The molecule has 2 N–H and O–H groups in total. The molecule has 0 aliphatic heterocycles. The van der Waals surface area contributed by atoms with Gasteiger partial charge in [-0.05, 0) is 19.3 Å². The molecule has 0 aromatic rings. The van der Waals surface area contributed by atoms with E-state index in [4.69, 9.17) is 14.6 Å². The van der Waals surface area contributed by atoms with Crippen LogP contribution in [0.15, 0.2) is 0 Å². The fourth-order valence-electron chi connectivity index (χ4n) is 1.22. The second-order valence-corrected chi connectivity index (χ2v) is 3.64. The van der Waals surface area contributed by atoms with Gasteiger partial charge in [-0.25, -0.2) is 4.79 Å². The van der Waals surface area contributed by atoms with Crippen molar-refractivity contribution in [2.45, 2.75) is 38.7 Å². The Hall–Kier alpha value is -0.650. The Kier molecular flexibility index (Phi) is 10.4. The maximum atomic E-state index is 10.1. The number of aliphatic carboxylic acids is 1. The number of carboxylic acid groups (broad SMARTS) is 1. The molecule has 0 aromatic carbocycles. The van der Waals surface area contributed by atoms with Crippen molar-refractivity contribution < 1.29 is 24.5 Å². The van der Waals surface area contributed by atoms with Crippen LogP contribution in [0, 0.1) is 0 Å². The van der Waals surface area contributed by atoms with E-state index in [0.717, 1.165) is 12.8 Å². The van der Waals surface area contributed by atoms with E-state index in [1.54, 1.807) is 0 Å². The molecule has 0 spiro atoms. The van der Waals surface area contributed by atoms with Crippen molar-refractivity contribution in [3.63, 3.8) is 0 Å². The van der Waals surface area contributed by atoms with Gasteiger partial charge in [0.2, 0.25) is 0 Å². The van der Waals surface area contributed by atoms with Crippen molar-refractivity contribution in [2.24, 2.45) is 0 Å². The maximum absolute atomic E-state index is 10.1. The topological polar surface area (TPSA) is 76.0 Å². The summed E-state index contributed by atoms with van der Waals surface area (Å²) in [5, 5.41) is 17.7. The van der Waals surface area contributed by atoms with E-state index < -0.39 is 5.97 Å². The van der Waals surface area contributed by atoms with E-state index in [1.165, 1.54) is 0 Å². The van der Waals surface area contributed by atoms with Crippen LogP contribution in [-0.2, 0) is 14.3 Å². The number of rotatable bonds is 11. The van der Waals surface area contributed by atoms with E-state index in [9.17, 15) is 9.90 Å². The highest BCUT2D eigenvalue weighted by Crippen LogP contribution is 2.01. The first-order chi connectivity index (χ1) is 7.66. The van der Waals surface area contributed by atoms with Crippen LogP contribution in [0.4, 0.5) is 0 Å². The Morgan fingerprint density at radius 3 is 2.50 bits per heavy atom. The van der Waals surface area contributed by atoms with Gasteiger partial charge >= 0.3 is 5.97 Å². The summed E-state index contributed by atoms with van der Waals surface area (Å²) in [4.78, 5) is 10.1. The second-order valence-electron chi connectivity index (χ2n) is 3.64. The number of carboxylic acids is 1. The molecule has 0 saturated carbocycles. The summed E-state index contributed by atoms with van der Waals surface area (Å²) in [6.45, 7) is 3.25. The SMILES string of the molecule is CCCC(O)CCOCCCOCC(=O)O. The Labute approximate surface area is 96.4 Å². The number of hydrogen-bond donors (Lipinski definition) is 2. The average molecular weight is 234 g/mol. The third kappa shape index (κ3) is 11.4. The minimum absolute atomic E-state index is 0.255. The van der Waals surface area contributed by atoms with Crippen molar-refractivity contribution in [2.75, 3.05) is 26.4 Å². The first kappa shape index (κ1) is 15.3. The molecule has 0 bridgehead atoms. The lowest BCUT2D eigenvalue weighted by molar-refractivity contribution is -0.142. The van der Waals surface area contributed by atoms with Gasteiger partial charge in [0, 0.05) is 19.8 Å². The van der Waals surface area contributed by atoms with Gasteiger partial charge in [0.25, 0.3) is 0 Å². The Morgan fingerprint density at radius 1 is 1.19 bits per heavy atom. The molecule has 1 atom stereocenters. The summed E-state index contributed by atoms with van der Waals surface area (Å²) >= 11 is 0. The van der Waals surface area contributed by atoms with E-state index in [1.807, 2.05) is 6.92 Å². The number of aliphatic hydroxyl groups excluding tert-OH is 1. The highest BCUT2D eigenvalue weighted by atomic mass is 16.5. The Morgan fingerprint density at radius 2 is 1.88 bits per heavy atom. The molecule has 5 nitrogen and oxygen atoms in total. The highest BCUT2D eigenvalue weighted by Gasteiger charge is 2.01. The summed E-state index contributed by atoms with van der Waals surface area (Å²) in [7, 11) is 0. The molecule has 0 heterocycles. The fourth-order valence-corrected chi connectivity index (χ4v) is 1.22. The quantitative estimate of drug-likeness (QED) is 0.522. The summed E-state index contributed by atoms with van der Waals surface area (Å²) in [5.41, 5.74) is 0. The lowest BCUT2D eigenvalue weighted by Crippen LogP contribution is -2.12. The summed E-state index contributed by atoms with van der Waals surface area (Å²) in [5.74, 6) is -0.955. The zero-order valence-corrected chi connectivity index (χ0v) is 9.85. The van der Waals surface area contributed by atoms with Gasteiger partial charge in [0.15, 0.2) is 0 Å². The van der Waals surface area contributed by atoms with Crippen molar-refractivity contribution in [1.82, 2.24) is 0 Å². The van der Waals surface area contributed by atoms with Crippen molar-refractivity contribution in [3.05, 3.63) is 0 Å². The largest absolute Gasteiger partial charge is 0.480 e. The van der Waals surface area contributed by atoms with Gasteiger partial charge in [-0.1, -0.05) is 13.3 Å². The zero-order chi connectivity index (χ0) is 12.2. The van der Waals surface area contributed by atoms with Crippen LogP contribution in [0.25, 0.3) is 0 Å². The number of ether oxygens (including phenoxy) is 2. The standard InChI is InChI=1S/C11H22O5/c1-2-4-10(12)5-8-15-6-3-7-16-9-11(13)14/h10,12H,2-9H2,1H3,(H,13,14). The molecule has 16 heavy (non-hydrogen) atoms. The molecule has 0 radical (unpaired) electrons. The van der Waals surface area contributed by atoms with Crippen molar-refractivity contribution in [3.8, 4) is 0 Å². The number of carbonyl (C=O) groups is 1. The van der Waals surface area contributed by atoms with E-state index in [2.05, 4.69) is 0 Å². The Balaban J connectivity index is 3.06. The number of hydrogen-bond acceptors (Lipinski definition) is 4. The van der Waals surface area contributed by atoms with Crippen LogP contribution in [0.3, 0.4) is 0 Å². The van der Waals surface area contributed by atoms with Gasteiger partial charge in [-0.2, -0.15) is 0 Å². The average Bonchev–Trinajstić information content (AvgIpc) is 2.22. The molecule has 0 aliphatic rings. The molecular weight excluding hydrogens is 212 g/mol. The van der Waals surface area contributed by atoms with Crippen LogP contribution in [0.2, 0.25) is 0 Å². The van der Waals surface area contributed by atoms with Crippen LogP contribution in [-0.4, -0.2) is 48.7 Å². The molecule has 0 saturated heterocycles.